The Kier molecular flexibility index (Phi) is 3.64. The Bertz CT molecular complexity index is 650. The Hall–Kier alpha value is -2.11. The maximum atomic E-state index is 12.7. The number of carbonyl (C=O) groups is 1. The third-order valence-corrected chi connectivity index (χ3v) is 6.65. The van der Waals surface area contributed by atoms with Gasteiger partial charge in [-0.1, -0.05) is 12.2 Å². The average Bonchev–Trinajstić information content (AvgIpc) is 3.36. The summed E-state index contributed by atoms with van der Waals surface area (Å²) in [6.45, 7) is 3.73. The number of nitrogens with one attached hydrogen (secondary N) is 1. The summed E-state index contributed by atoms with van der Waals surface area (Å²) < 4.78 is 0. The summed E-state index contributed by atoms with van der Waals surface area (Å²) in [6, 6.07) is 4.34. The van der Waals surface area contributed by atoms with Crippen LogP contribution in [0.5, 0.6) is 0 Å². The van der Waals surface area contributed by atoms with Gasteiger partial charge in [-0.2, -0.15) is 5.10 Å². The number of allylic oxidation sites excluding steroid dienone is 2. The molecule has 2 aliphatic carbocycles. The number of rotatable bonds is 2. The summed E-state index contributed by atoms with van der Waals surface area (Å²) in [5.41, 5.74) is 0. The van der Waals surface area contributed by atoms with Crippen LogP contribution in [-0.4, -0.2) is 53.3 Å². The van der Waals surface area contributed by atoms with Crippen molar-refractivity contribution in [3.8, 4) is 0 Å². The maximum Gasteiger partial charge on any atom is 0.317 e. The predicted octanol–water partition coefficient (Wildman–Crippen LogP) is 1.91. The number of hydrogen-bond donors (Lipinski definition) is 1. The summed E-state index contributed by atoms with van der Waals surface area (Å²) in [7, 11) is 0. The van der Waals surface area contributed by atoms with E-state index in [1.54, 1.807) is 6.20 Å². The van der Waals surface area contributed by atoms with Gasteiger partial charge in [0.25, 0.3) is 0 Å². The van der Waals surface area contributed by atoms with Crippen LogP contribution in [0.2, 0.25) is 0 Å². The van der Waals surface area contributed by atoms with Crippen LogP contribution in [0, 0.1) is 23.7 Å². The van der Waals surface area contributed by atoms with E-state index in [-0.39, 0.29) is 12.1 Å². The Labute approximate surface area is 148 Å². The monoisotopic (exact) mass is 339 g/mol. The van der Waals surface area contributed by atoms with E-state index >= 15 is 0 Å². The van der Waals surface area contributed by atoms with Gasteiger partial charge < -0.3 is 15.1 Å². The maximum absolute atomic E-state index is 12.7. The molecule has 2 aliphatic heterocycles. The first-order valence-corrected chi connectivity index (χ1v) is 9.54. The highest BCUT2D eigenvalue weighted by molar-refractivity contribution is 5.75. The Balaban J connectivity index is 1.13. The number of amides is 2. The molecule has 1 aromatic heterocycles. The Morgan fingerprint density at radius 1 is 1.12 bits per heavy atom. The van der Waals surface area contributed by atoms with Crippen molar-refractivity contribution in [1.82, 2.24) is 20.4 Å². The van der Waals surface area contributed by atoms with Crippen LogP contribution < -0.4 is 10.2 Å². The highest BCUT2D eigenvalue weighted by Crippen LogP contribution is 2.51. The molecule has 3 heterocycles. The summed E-state index contributed by atoms with van der Waals surface area (Å²) in [4.78, 5) is 17.0. The minimum absolute atomic E-state index is 0.145. The van der Waals surface area contributed by atoms with Gasteiger partial charge in [-0.25, -0.2) is 4.79 Å². The van der Waals surface area contributed by atoms with Crippen LogP contribution in [0.3, 0.4) is 0 Å². The van der Waals surface area contributed by atoms with Crippen LogP contribution in [0.25, 0.3) is 0 Å². The predicted molar refractivity (Wildman–Crippen MR) is 95.1 cm³/mol. The van der Waals surface area contributed by atoms with Gasteiger partial charge in [0.15, 0.2) is 5.82 Å². The molecule has 0 aromatic carbocycles. The topological polar surface area (TPSA) is 61.4 Å². The third kappa shape index (κ3) is 2.68. The molecule has 1 saturated carbocycles. The lowest BCUT2D eigenvalue weighted by Gasteiger charge is -2.33. The summed E-state index contributed by atoms with van der Waals surface area (Å²) in [6.07, 6.45) is 9.73. The molecule has 4 atom stereocenters. The normalized spacial score (nSPS) is 33.8. The first kappa shape index (κ1) is 15.2. The number of urea groups is 1. The molecule has 2 amide bonds. The van der Waals surface area contributed by atoms with Gasteiger partial charge in [-0.3, -0.25) is 0 Å². The zero-order valence-electron chi connectivity index (χ0n) is 14.4. The van der Waals surface area contributed by atoms with E-state index in [0.29, 0.717) is 11.8 Å². The van der Waals surface area contributed by atoms with Crippen molar-refractivity contribution in [1.29, 1.82) is 0 Å². The minimum atomic E-state index is 0.145. The van der Waals surface area contributed by atoms with Crippen LogP contribution in [-0.2, 0) is 0 Å². The van der Waals surface area contributed by atoms with Gasteiger partial charge >= 0.3 is 6.03 Å². The van der Waals surface area contributed by atoms with Crippen molar-refractivity contribution in [2.24, 2.45) is 23.7 Å². The van der Waals surface area contributed by atoms with Gasteiger partial charge in [0.1, 0.15) is 0 Å². The van der Waals surface area contributed by atoms with Crippen LogP contribution in [0.15, 0.2) is 30.5 Å². The SMILES string of the molecule is O=C(NC1CCN(c2cccnn2)CC1)N1C[C@@H]2C3C=CC(C3)[C@@H]2C1. The van der Waals surface area contributed by atoms with Gasteiger partial charge in [0.05, 0.1) is 0 Å². The number of likely N-dealkylation sites (tertiary alicyclic amines) is 1. The molecule has 4 aliphatic rings. The van der Waals surface area contributed by atoms with E-state index in [2.05, 4.69) is 37.5 Å². The van der Waals surface area contributed by atoms with E-state index in [1.165, 1.54) is 6.42 Å². The second kappa shape index (κ2) is 6.00. The lowest BCUT2D eigenvalue weighted by Crippen LogP contribution is -2.49. The highest BCUT2D eigenvalue weighted by Gasteiger charge is 2.50. The zero-order valence-corrected chi connectivity index (χ0v) is 14.4. The third-order valence-electron chi connectivity index (χ3n) is 6.65. The van der Waals surface area contributed by atoms with Gasteiger partial charge in [-0.15, -0.1) is 5.10 Å². The summed E-state index contributed by atoms with van der Waals surface area (Å²) >= 11 is 0. The van der Waals surface area contributed by atoms with Crippen molar-refractivity contribution in [2.45, 2.75) is 25.3 Å². The van der Waals surface area contributed by atoms with E-state index in [9.17, 15) is 4.79 Å². The van der Waals surface area contributed by atoms with Crippen LogP contribution in [0.1, 0.15) is 19.3 Å². The first-order valence-electron chi connectivity index (χ1n) is 9.54. The molecule has 3 fully saturated rings. The fourth-order valence-corrected chi connectivity index (χ4v) is 5.30. The summed E-state index contributed by atoms with van der Waals surface area (Å²) in [5.74, 6) is 3.80. The molecule has 0 radical (unpaired) electrons. The smallest absolute Gasteiger partial charge is 0.317 e. The molecule has 2 saturated heterocycles. The second-order valence-corrected chi connectivity index (χ2v) is 7.97. The molecule has 2 bridgehead atoms. The molecule has 6 nitrogen and oxygen atoms in total. The molecular weight excluding hydrogens is 314 g/mol. The second-order valence-electron chi connectivity index (χ2n) is 7.97. The molecule has 0 spiro atoms. The van der Waals surface area contributed by atoms with E-state index in [4.69, 9.17) is 0 Å². The summed E-state index contributed by atoms with van der Waals surface area (Å²) in [5, 5.41) is 11.4. The molecule has 5 rings (SSSR count). The van der Waals surface area contributed by atoms with Crippen molar-refractivity contribution in [3.63, 3.8) is 0 Å². The number of nitrogens with zero attached hydrogens (tertiary/aromatic N) is 4. The van der Waals surface area contributed by atoms with Crippen molar-refractivity contribution >= 4 is 11.8 Å². The standard InChI is InChI=1S/C19H25N5O/c25-19(24-11-16-13-3-4-14(10-13)17(16)12-24)21-15-5-8-23(9-6-15)18-2-1-7-20-22-18/h1-4,7,13-17H,5-6,8-12H2,(H,21,25)/t13?,14?,16-,17+. The zero-order chi connectivity index (χ0) is 16.8. The highest BCUT2D eigenvalue weighted by atomic mass is 16.2. The van der Waals surface area contributed by atoms with Gasteiger partial charge in [0.2, 0.25) is 0 Å². The quantitative estimate of drug-likeness (QED) is 0.836. The Morgan fingerprint density at radius 2 is 1.84 bits per heavy atom. The van der Waals surface area contributed by atoms with E-state index < -0.39 is 0 Å². The van der Waals surface area contributed by atoms with Crippen molar-refractivity contribution < 1.29 is 4.79 Å². The number of fused-ring (bicyclic) bond motifs is 5. The average molecular weight is 339 g/mol. The molecule has 6 heteroatoms. The van der Waals surface area contributed by atoms with E-state index in [1.807, 2.05) is 12.1 Å². The van der Waals surface area contributed by atoms with Crippen LogP contribution >= 0.6 is 0 Å². The molecule has 1 aromatic rings. The number of hydrogen-bond acceptors (Lipinski definition) is 4. The van der Waals surface area contributed by atoms with Gasteiger partial charge in [-0.05, 0) is 55.1 Å². The fourth-order valence-electron chi connectivity index (χ4n) is 5.30. The number of carbonyl (C=O) groups excluding carboxylic acids is 1. The molecule has 1 N–H and O–H groups in total. The largest absolute Gasteiger partial charge is 0.355 e. The van der Waals surface area contributed by atoms with Crippen molar-refractivity contribution in [2.75, 3.05) is 31.1 Å². The Morgan fingerprint density at radius 3 is 2.48 bits per heavy atom. The van der Waals surface area contributed by atoms with Crippen molar-refractivity contribution in [3.05, 3.63) is 30.5 Å². The number of aromatic nitrogens is 2. The molecule has 25 heavy (non-hydrogen) atoms. The fraction of sp³-hybridized carbons (Fsp3) is 0.632. The number of anilines is 1. The van der Waals surface area contributed by atoms with Gasteiger partial charge in [0, 0.05) is 38.4 Å². The lowest BCUT2D eigenvalue weighted by atomic mass is 9.86. The number of piperidine rings is 1. The lowest BCUT2D eigenvalue weighted by molar-refractivity contribution is 0.197. The molecule has 2 unspecified atom stereocenters. The first-order chi connectivity index (χ1) is 12.3. The minimum Gasteiger partial charge on any atom is -0.355 e. The van der Waals surface area contributed by atoms with Crippen LogP contribution in [0.4, 0.5) is 10.6 Å². The van der Waals surface area contributed by atoms with E-state index in [0.717, 1.165) is 56.7 Å². The molecular formula is C19H25N5O. The molecule has 132 valence electrons.